The number of allylic oxidation sites excluding steroid dienone is 18. The summed E-state index contributed by atoms with van der Waals surface area (Å²) in [6, 6.07) is 0. The summed E-state index contributed by atoms with van der Waals surface area (Å²) in [4.78, 5) is 38.0. The van der Waals surface area contributed by atoms with Gasteiger partial charge in [-0.25, -0.2) is 0 Å². The molecule has 6 heteroatoms. The molecule has 0 aliphatic rings. The van der Waals surface area contributed by atoms with Gasteiger partial charge in [-0.2, -0.15) is 0 Å². The molecule has 68 heavy (non-hydrogen) atoms. The van der Waals surface area contributed by atoms with Crippen molar-refractivity contribution < 1.29 is 28.6 Å². The lowest BCUT2D eigenvalue weighted by Gasteiger charge is -2.18. The zero-order valence-corrected chi connectivity index (χ0v) is 44.1. The molecular formula is C62H102O6. The molecule has 0 fully saturated rings. The fourth-order valence-electron chi connectivity index (χ4n) is 7.29. The number of unbranched alkanes of at least 4 members (excludes halogenated alkanes) is 20. The van der Waals surface area contributed by atoms with E-state index in [-0.39, 0.29) is 31.1 Å². The maximum absolute atomic E-state index is 12.8. The zero-order chi connectivity index (χ0) is 49.3. The van der Waals surface area contributed by atoms with Gasteiger partial charge in [0.1, 0.15) is 13.2 Å². The fraction of sp³-hybridized carbons (Fsp3) is 0.661. The number of ether oxygens (including phenoxy) is 3. The van der Waals surface area contributed by atoms with Gasteiger partial charge in [-0.15, -0.1) is 0 Å². The van der Waals surface area contributed by atoms with Gasteiger partial charge in [-0.1, -0.05) is 207 Å². The van der Waals surface area contributed by atoms with Crippen molar-refractivity contribution in [2.45, 2.75) is 252 Å². The van der Waals surface area contributed by atoms with Crippen LogP contribution >= 0.6 is 0 Å². The van der Waals surface area contributed by atoms with Crippen molar-refractivity contribution in [3.05, 3.63) is 109 Å². The van der Waals surface area contributed by atoms with Crippen LogP contribution in [-0.2, 0) is 28.6 Å². The Morgan fingerprint density at radius 1 is 0.309 bits per heavy atom. The molecule has 0 aromatic carbocycles. The third kappa shape index (κ3) is 53.0. The molecule has 0 N–H and O–H groups in total. The zero-order valence-electron chi connectivity index (χ0n) is 44.1. The third-order valence-corrected chi connectivity index (χ3v) is 11.5. The third-order valence-electron chi connectivity index (χ3n) is 11.5. The molecule has 386 valence electrons. The summed E-state index contributed by atoms with van der Waals surface area (Å²) in [5.74, 6) is -0.952. The Labute approximate surface area is 419 Å². The van der Waals surface area contributed by atoms with Crippen LogP contribution in [0, 0.1) is 0 Å². The molecular weight excluding hydrogens is 841 g/mol. The Hall–Kier alpha value is -3.93. The van der Waals surface area contributed by atoms with Crippen molar-refractivity contribution >= 4 is 17.9 Å². The molecule has 0 spiro atoms. The lowest BCUT2D eigenvalue weighted by molar-refractivity contribution is -0.167. The van der Waals surface area contributed by atoms with Gasteiger partial charge in [0.2, 0.25) is 0 Å². The van der Waals surface area contributed by atoms with E-state index in [4.69, 9.17) is 14.2 Å². The first kappa shape index (κ1) is 64.1. The second kappa shape index (κ2) is 55.7. The minimum absolute atomic E-state index is 0.0977. The van der Waals surface area contributed by atoms with Gasteiger partial charge in [0, 0.05) is 19.3 Å². The Morgan fingerprint density at radius 2 is 0.574 bits per heavy atom. The maximum atomic E-state index is 12.8. The summed E-state index contributed by atoms with van der Waals surface area (Å²) in [7, 11) is 0. The summed E-state index contributed by atoms with van der Waals surface area (Å²) < 4.78 is 16.8. The molecule has 0 amide bonds. The largest absolute Gasteiger partial charge is 0.462 e. The second-order valence-electron chi connectivity index (χ2n) is 18.1. The van der Waals surface area contributed by atoms with Gasteiger partial charge in [0.25, 0.3) is 0 Å². The highest BCUT2D eigenvalue weighted by molar-refractivity contribution is 5.71. The van der Waals surface area contributed by atoms with Crippen molar-refractivity contribution in [1.82, 2.24) is 0 Å². The maximum Gasteiger partial charge on any atom is 0.306 e. The normalized spacial score (nSPS) is 12.9. The predicted molar refractivity (Wildman–Crippen MR) is 293 cm³/mol. The van der Waals surface area contributed by atoms with Gasteiger partial charge in [-0.05, 0) is 128 Å². The Bertz CT molecular complexity index is 1410. The van der Waals surface area contributed by atoms with Crippen LogP contribution in [-0.4, -0.2) is 37.2 Å². The average Bonchev–Trinajstić information content (AvgIpc) is 3.34. The highest BCUT2D eigenvalue weighted by atomic mass is 16.6. The number of carbonyl (C=O) groups is 3. The van der Waals surface area contributed by atoms with E-state index < -0.39 is 6.10 Å². The van der Waals surface area contributed by atoms with Crippen LogP contribution in [0.5, 0.6) is 0 Å². The van der Waals surface area contributed by atoms with Crippen LogP contribution in [0.2, 0.25) is 0 Å². The van der Waals surface area contributed by atoms with Crippen LogP contribution in [0.25, 0.3) is 0 Å². The lowest BCUT2D eigenvalue weighted by Crippen LogP contribution is -2.30. The quantitative estimate of drug-likeness (QED) is 0.0262. The van der Waals surface area contributed by atoms with Crippen molar-refractivity contribution in [3.8, 4) is 0 Å². The molecule has 1 unspecified atom stereocenters. The molecule has 0 radical (unpaired) electrons. The van der Waals surface area contributed by atoms with E-state index in [0.717, 1.165) is 135 Å². The minimum Gasteiger partial charge on any atom is -0.462 e. The number of esters is 3. The molecule has 0 heterocycles. The number of carbonyl (C=O) groups excluding carboxylic acids is 3. The SMILES string of the molecule is CC/C=C\C/C=C\C/C=C\C/C=C\C/C=C\C/C=C\C/C=C\CCCCCC(=O)OCC(COC(=O)CCCCCCC/C=C\CCCCC)OC(=O)CCCCCCC/C=C\CCCCCC. The van der Waals surface area contributed by atoms with Crippen molar-refractivity contribution in [3.63, 3.8) is 0 Å². The van der Waals surface area contributed by atoms with Crippen LogP contribution < -0.4 is 0 Å². The fourth-order valence-corrected chi connectivity index (χ4v) is 7.29. The molecule has 0 saturated carbocycles. The highest BCUT2D eigenvalue weighted by Gasteiger charge is 2.19. The molecule has 0 rings (SSSR count). The van der Waals surface area contributed by atoms with Crippen LogP contribution in [0.1, 0.15) is 245 Å². The van der Waals surface area contributed by atoms with E-state index in [1.807, 2.05) is 0 Å². The first-order chi connectivity index (χ1) is 33.5. The Kier molecular flexibility index (Phi) is 52.4. The Balaban J connectivity index is 4.41. The molecule has 6 nitrogen and oxygen atoms in total. The van der Waals surface area contributed by atoms with E-state index in [1.54, 1.807) is 0 Å². The number of hydrogen-bond acceptors (Lipinski definition) is 6. The lowest BCUT2D eigenvalue weighted by atomic mass is 10.1. The van der Waals surface area contributed by atoms with Crippen molar-refractivity contribution in [2.24, 2.45) is 0 Å². The van der Waals surface area contributed by atoms with Gasteiger partial charge >= 0.3 is 17.9 Å². The van der Waals surface area contributed by atoms with E-state index in [2.05, 4.69) is 130 Å². The molecule has 0 saturated heterocycles. The predicted octanol–water partition coefficient (Wildman–Crippen LogP) is 18.7. The summed E-state index contributed by atoms with van der Waals surface area (Å²) in [5, 5.41) is 0. The first-order valence-electron chi connectivity index (χ1n) is 27.9. The van der Waals surface area contributed by atoms with Crippen LogP contribution in [0.15, 0.2) is 109 Å². The van der Waals surface area contributed by atoms with E-state index in [1.165, 1.54) is 70.6 Å². The summed E-state index contributed by atoms with van der Waals surface area (Å²) >= 11 is 0. The topological polar surface area (TPSA) is 78.9 Å². The molecule has 0 bridgehead atoms. The molecule has 0 aliphatic heterocycles. The summed E-state index contributed by atoms with van der Waals surface area (Å²) in [5.41, 5.74) is 0. The molecule has 0 aromatic heterocycles. The number of hydrogen-bond donors (Lipinski definition) is 0. The van der Waals surface area contributed by atoms with Gasteiger partial charge < -0.3 is 14.2 Å². The summed E-state index contributed by atoms with van der Waals surface area (Å²) in [6.07, 6.45) is 75.0. The van der Waals surface area contributed by atoms with Gasteiger partial charge in [0.05, 0.1) is 0 Å². The smallest absolute Gasteiger partial charge is 0.306 e. The van der Waals surface area contributed by atoms with E-state index >= 15 is 0 Å². The van der Waals surface area contributed by atoms with Crippen molar-refractivity contribution in [2.75, 3.05) is 13.2 Å². The Morgan fingerprint density at radius 3 is 0.956 bits per heavy atom. The van der Waals surface area contributed by atoms with Crippen LogP contribution in [0.4, 0.5) is 0 Å². The standard InChI is InChI=1S/C62H102O6/c1-4-7-10-13-16-19-22-25-26-27-28-29-30-31-32-33-34-35-36-38-40-43-46-49-52-55-61(64)67-58-59(57-66-60(63)54-51-48-45-42-39-24-21-18-15-12-9-6-3)68-62(65)56-53-50-47-44-41-37-23-20-17-14-11-8-5-2/h7,10,16,18-21,23,25-26,28-29,31-32,34-35,38,40,59H,4-6,8-9,11-15,17,22,24,27,30,33,36-37,39,41-58H2,1-3H3/b10-7-,19-16-,21-18-,23-20-,26-25-,29-28-,32-31-,35-34-,40-38-. The van der Waals surface area contributed by atoms with Crippen LogP contribution in [0.3, 0.4) is 0 Å². The molecule has 0 aliphatic carbocycles. The average molecular weight is 943 g/mol. The minimum atomic E-state index is -0.800. The van der Waals surface area contributed by atoms with Crippen molar-refractivity contribution in [1.29, 1.82) is 0 Å². The highest BCUT2D eigenvalue weighted by Crippen LogP contribution is 2.13. The molecule has 0 aromatic rings. The van der Waals surface area contributed by atoms with Gasteiger partial charge in [-0.3, -0.25) is 14.4 Å². The summed E-state index contributed by atoms with van der Waals surface area (Å²) in [6.45, 7) is 6.43. The monoisotopic (exact) mass is 943 g/mol. The first-order valence-corrected chi connectivity index (χ1v) is 27.9. The van der Waals surface area contributed by atoms with E-state index in [9.17, 15) is 14.4 Å². The van der Waals surface area contributed by atoms with Gasteiger partial charge in [0.15, 0.2) is 6.10 Å². The van der Waals surface area contributed by atoms with E-state index in [0.29, 0.717) is 19.3 Å². The molecule has 1 atom stereocenters. The number of rotatable bonds is 49. The second-order valence-corrected chi connectivity index (χ2v) is 18.1.